The van der Waals surface area contributed by atoms with Gasteiger partial charge in [0.05, 0.1) is 11.5 Å². The first-order valence-corrected chi connectivity index (χ1v) is 7.36. The standard InChI is InChI=1S/C15H28N2O4/c1-14(2,3)12(18)21-9-11-7-10(16)8-17(11,13(19)20)15(4,5)6/h10-11H,7-9,16H2,1-6H3/p+1/t10-,11-,17?/m1/s1. The molecule has 0 aliphatic carbocycles. The van der Waals surface area contributed by atoms with Crippen LogP contribution in [-0.2, 0) is 9.53 Å². The van der Waals surface area contributed by atoms with E-state index in [-0.39, 0.29) is 29.1 Å². The summed E-state index contributed by atoms with van der Waals surface area (Å²) in [5, 5.41) is 9.79. The van der Waals surface area contributed by atoms with Crippen molar-refractivity contribution >= 4 is 12.1 Å². The van der Waals surface area contributed by atoms with Crippen LogP contribution in [0.15, 0.2) is 0 Å². The van der Waals surface area contributed by atoms with Crippen LogP contribution in [-0.4, -0.2) is 52.4 Å². The molecule has 1 heterocycles. The van der Waals surface area contributed by atoms with E-state index < -0.39 is 17.0 Å². The molecule has 1 fully saturated rings. The lowest BCUT2D eigenvalue weighted by atomic mass is 9.97. The molecule has 0 spiro atoms. The number of carbonyl (C=O) groups is 2. The fourth-order valence-electron chi connectivity index (χ4n) is 3.05. The smallest absolute Gasteiger partial charge is 0.459 e. The molecule has 0 aromatic rings. The highest BCUT2D eigenvalue weighted by molar-refractivity contribution is 5.75. The average Bonchev–Trinajstić information content (AvgIpc) is 2.62. The van der Waals surface area contributed by atoms with Crippen LogP contribution in [0.2, 0.25) is 0 Å². The molecular weight excluding hydrogens is 272 g/mol. The SMILES string of the molecule is CC(C)(C)C(=O)OC[C@H]1C[C@@H](N)C[N+]1(C(=O)O)C(C)(C)C. The highest BCUT2D eigenvalue weighted by atomic mass is 16.5. The maximum Gasteiger partial charge on any atom is 0.514 e. The number of esters is 1. The van der Waals surface area contributed by atoms with E-state index in [0.29, 0.717) is 13.0 Å². The third kappa shape index (κ3) is 3.37. The quantitative estimate of drug-likeness (QED) is 0.601. The zero-order valence-electron chi connectivity index (χ0n) is 14.0. The summed E-state index contributed by atoms with van der Waals surface area (Å²) in [6.07, 6.45) is -0.367. The maximum absolute atomic E-state index is 11.9. The second-order valence-electron chi connectivity index (χ2n) is 8.00. The summed E-state index contributed by atoms with van der Waals surface area (Å²) >= 11 is 0. The third-order valence-electron chi connectivity index (χ3n) is 4.28. The molecule has 3 atom stereocenters. The number of hydrogen-bond donors (Lipinski definition) is 2. The number of quaternary nitrogens is 1. The third-order valence-corrected chi connectivity index (χ3v) is 4.28. The normalized spacial score (nSPS) is 30.2. The van der Waals surface area contributed by atoms with Crippen LogP contribution < -0.4 is 5.73 Å². The number of carboxylic acid groups (broad SMARTS) is 1. The van der Waals surface area contributed by atoms with E-state index in [1.807, 2.05) is 20.8 Å². The van der Waals surface area contributed by atoms with Crippen molar-refractivity contribution in [3.8, 4) is 0 Å². The zero-order chi connectivity index (χ0) is 16.6. The van der Waals surface area contributed by atoms with Gasteiger partial charge >= 0.3 is 12.1 Å². The topological polar surface area (TPSA) is 89.6 Å². The lowest BCUT2D eigenvalue weighted by Gasteiger charge is -2.44. The van der Waals surface area contributed by atoms with Crippen molar-refractivity contribution in [2.24, 2.45) is 11.1 Å². The van der Waals surface area contributed by atoms with Crippen molar-refractivity contribution < 1.29 is 23.9 Å². The highest BCUT2D eigenvalue weighted by Crippen LogP contribution is 2.37. The number of amides is 1. The van der Waals surface area contributed by atoms with Gasteiger partial charge in [-0.1, -0.05) is 0 Å². The monoisotopic (exact) mass is 301 g/mol. The van der Waals surface area contributed by atoms with Crippen LogP contribution in [0.1, 0.15) is 48.0 Å². The molecule has 1 saturated heterocycles. The minimum Gasteiger partial charge on any atom is -0.459 e. The zero-order valence-corrected chi connectivity index (χ0v) is 14.0. The van der Waals surface area contributed by atoms with Gasteiger partial charge in [0.25, 0.3) is 0 Å². The largest absolute Gasteiger partial charge is 0.514 e. The summed E-state index contributed by atoms with van der Waals surface area (Å²) < 4.78 is 5.20. The predicted molar refractivity (Wildman–Crippen MR) is 79.7 cm³/mol. The molecular formula is C15H29N2O4+. The summed E-state index contributed by atoms with van der Waals surface area (Å²) in [5.41, 5.74) is 4.90. The Morgan fingerprint density at radius 3 is 2.14 bits per heavy atom. The average molecular weight is 301 g/mol. The van der Waals surface area contributed by atoms with Gasteiger partial charge in [-0.2, -0.15) is 4.79 Å². The number of likely N-dealkylation sites (tertiary alicyclic amines) is 1. The van der Waals surface area contributed by atoms with E-state index >= 15 is 0 Å². The lowest BCUT2D eigenvalue weighted by Crippen LogP contribution is -2.67. The molecule has 6 nitrogen and oxygen atoms in total. The lowest BCUT2D eigenvalue weighted by molar-refractivity contribution is -0.915. The Morgan fingerprint density at radius 2 is 1.76 bits per heavy atom. The van der Waals surface area contributed by atoms with E-state index in [4.69, 9.17) is 10.5 Å². The number of rotatable bonds is 2. The molecule has 3 N–H and O–H groups in total. The van der Waals surface area contributed by atoms with Crippen LogP contribution in [0.5, 0.6) is 0 Å². The van der Waals surface area contributed by atoms with Crippen molar-refractivity contribution in [3.63, 3.8) is 0 Å². The highest BCUT2D eigenvalue weighted by Gasteiger charge is 2.59. The second-order valence-corrected chi connectivity index (χ2v) is 8.00. The molecule has 1 rings (SSSR count). The Balaban J connectivity index is 2.98. The van der Waals surface area contributed by atoms with Crippen LogP contribution in [0.25, 0.3) is 0 Å². The van der Waals surface area contributed by atoms with E-state index in [9.17, 15) is 14.7 Å². The molecule has 1 unspecified atom stereocenters. The molecule has 0 saturated carbocycles. The Bertz CT molecular complexity index is 422. The van der Waals surface area contributed by atoms with Gasteiger partial charge < -0.3 is 15.6 Å². The first-order chi connectivity index (χ1) is 9.32. The Kier molecular flexibility index (Phi) is 4.75. The number of ether oxygens (including phenoxy) is 1. The molecule has 1 aliphatic heterocycles. The van der Waals surface area contributed by atoms with Crippen LogP contribution in [0.3, 0.4) is 0 Å². The molecule has 0 radical (unpaired) electrons. The van der Waals surface area contributed by atoms with Crippen molar-refractivity contribution in [1.82, 2.24) is 0 Å². The van der Waals surface area contributed by atoms with E-state index in [0.717, 1.165) is 0 Å². The predicted octanol–water partition coefficient (Wildman–Crippen LogP) is 1.97. The van der Waals surface area contributed by atoms with Crippen LogP contribution in [0.4, 0.5) is 4.79 Å². The van der Waals surface area contributed by atoms with Gasteiger partial charge in [0, 0.05) is 6.42 Å². The molecule has 0 aromatic carbocycles. The van der Waals surface area contributed by atoms with Crippen molar-refractivity contribution in [2.45, 2.75) is 65.6 Å². The molecule has 1 amide bonds. The summed E-state index contributed by atoms with van der Waals surface area (Å²) in [6, 6.07) is -0.512. The summed E-state index contributed by atoms with van der Waals surface area (Å²) in [6.45, 7) is 11.4. The molecule has 21 heavy (non-hydrogen) atoms. The number of nitrogens with zero attached hydrogens (tertiary/aromatic N) is 1. The number of nitrogens with two attached hydrogens (primary N) is 1. The second kappa shape index (κ2) is 5.57. The van der Waals surface area contributed by atoms with Gasteiger partial charge in [-0.15, -0.1) is 0 Å². The number of carbonyl (C=O) groups excluding carboxylic acids is 1. The molecule has 6 heteroatoms. The molecule has 122 valence electrons. The molecule has 0 bridgehead atoms. The van der Waals surface area contributed by atoms with Crippen molar-refractivity contribution in [3.05, 3.63) is 0 Å². The Labute approximate surface area is 126 Å². The van der Waals surface area contributed by atoms with Gasteiger partial charge in [-0.05, 0) is 41.5 Å². The van der Waals surface area contributed by atoms with Gasteiger partial charge in [0.15, 0.2) is 0 Å². The Hall–Kier alpha value is -1.14. The van der Waals surface area contributed by atoms with Gasteiger partial charge in [0.2, 0.25) is 0 Å². The maximum atomic E-state index is 11.9. The van der Waals surface area contributed by atoms with Gasteiger partial charge in [0.1, 0.15) is 24.7 Å². The minimum atomic E-state index is -0.910. The van der Waals surface area contributed by atoms with Crippen LogP contribution in [0, 0.1) is 5.41 Å². The van der Waals surface area contributed by atoms with Crippen molar-refractivity contribution in [2.75, 3.05) is 13.2 Å². The fourth-order valence-corrected chi connectivity index (χ4v) is 3.05. The molecule has 0 aromatic heterocycles. The number of hydrogen-bond acceptors (Lipinski definition) is 4. The summed E-state index contributed by atoms with van der Waals surface area (Å²) in [5.74, 6) is -0.319. The Morgan fingerprint density at radius 1 is 1.24 bits per heavy atom. The fraction of sp³-hybridized carbons (Fsp3) is 0.867. The van der Waals surface area contributed by atoms with E-state index in [2.05, 4.69) is 0 Å². The van der Waals surface area contributed by atoms with Crippen LogP contribution >= 0.6 is 0 Å². The minimum absolute atomic E-state index is 0.0906. The first-order valence-electron chi connectivity index (χ1n) is 7.36. The van der Waals surface area contributed by atoms with Crippen molar-refractivity contribution in [1.29, 1.82) is 0 Å². The van der Waals surface area contributed by atoms with Gasteiger partial charge in [-0.25, -0.2) is 4.48 Å². The first kappa shape index (κ1) is 17.9. The van der Waals surface area contributed by atoms with E-state index in [1.165, 1.54) is 0 Å². The van der Waals surface area contributed by atoms with E-state index in [1.54, 1.807) is 20.8 Å². The van der Waals surface area contributed by atoms with Gasteiger partial charge in [-0.3, -0.25) is 4.79 Å². The summed E-state index contributed by atoms with van der Waals surface area (Å²) in [4.78, 5) is 23.9. The summed E-state index contributed by atoms with van der Waals surface area (Å²) in [7, 11) is 0. The molecule has 1 aliphatic rings.